The number of fused-ring (bicyclic) bond motifs is 1. The summed E-state index contributed by atoms with van der Waals surface area (Å²) in [5, 5.41) is 3.56. The molecule has 0 saturated heterocycles. The van der Waals surface area contributed by atoms with E-state index in [1.807, 2.05) is 6.92 Å². The summed E-state index contributed by atoms with van der Waals surface area (Å²) in [6, 6.07) is 5.16. The molecule has 0 radical (unpaired) electrons. The number of ketones is 2. The smallest absolute Gasteiger partial charge is 0.410 e. The molecule has 0 unspecified atom stereocenters. The van der Waals surface area contributed by atoms with E-state index in [1.54, 1.807) is 59.9 Å². The van der Waals surface area contributed by atoms with Crippen molar-refractivity contribution in [1.29, 1.82) is 0 Å². The average Bonchev–Trinajstić information content (AvgIpc) is 3.59. The SMILES string of the molecule is CC1=C(C)C(=O)C(C(C)(C)CC(=O)N(C)CCN(CCCC(=O)NCCN2C(=O)C=CC2=O)C(=O)Oc2ccc3nc(C)sc3c2)=C(C)C1=O. The van der Waals surface area contributed by atoms with Gasteiger partial charge < -0.3 is 19.9 Å². The van der Waals surface area contributed by atoms with Crippen molar-refractivity contribution in [2.75, 3.05) is 39.8 Å². The van der Waals surface area contributed by atoms with Crippen LogP contribution in [0.4, 0.5) is 4.79 Å². The number of ether oxygens (including phenoxy) is 1. The highest BCUT2D eigenvalue weighted by molar-refractivity contribution is 7.18. The van der Waals surface area contributed by atoms with Crippen molar-refractivity contribution in [2.24, 2.45) is 5.41 Å². The number of allylic oxidation sites excluding steroid dienone is 4. The molecule has 1 aliphatic heterocycles. The maximum Gasteiger partial charge on any atom is 0.415 e. The van der Waals surface area contributed by atoms with Gasteiger partial charge >= 0.3 is 6.09 Å². The number of aromatic nitrogens is 1. The van der Waals surface area contributed by atoms with Crippen LogP contribution in [0.3, 0.4) is 0 Å². The van der Waals surface area contributed by atoms with Gasteiger partial charge in [-0.05, 0) is 46.2 Å². The van der Waals surface area contributed by atoms with Gasteiger partial charge in [-0.1, -0.05) is 13.8 Å². The van der Waals surface area contributed by atoms with Crippen molar-refractivity contribution in [2.45, 2.75) is 60.8 Å². The van der Waals surface area contributed by atoms with Gasteiger partial charge in [0.2, 0.25) is 11.8 Å². The predicted molar refractivity (Wildman–Crippen MR) is 187 cm³/mol. The zero-order valence-corrected chi connectivity index (χ0v) is 30.3. The number of carbonyl (C=O) groups is 7. The van der Waals surface area contributed by atoms with Crippen LogP contribution in [0.1, 0.15) is 58.9 Å². The first-order valence-corrected chi connectivity index (χ1v) is 17.2. The van der Waals surface area contributed by atoms with E-state index in [4.69, 9.17) is 4.74 Å². The third-order valence-corrected chi connectivity index (χ3v) is 9.84. The molecule has 2 heterocycles. The van der Waals surface area contributed by atoms with Crippen molar-refractivity contribution < 1.29 is 38.3 Å². The van der Waals surface area contributed by atoms with Crippen molar-refractivity contribution in [1.82, 2.24) is 25.0 Å². The van der Waals surface area contributed by atoms with Crippen LogP contribution in [-0.4, -0.2) is 101 Å². The Morgan fingerprint density at radius 2 is 1.58 bits per heavy atom. The van der Waals surface area contributed by atoms with Gasteiger partial charge in [0.15, 0.2) is 11.6 Å². The topological polar surface area (TPSA) is 163 Å². The van der Waals surface area contributed by atoms with E-state index in [9.17, 15) is 33.6 Å². The molecule has 2 aliphatic rings. The summed E-state index contributed by atoms with van der Waals surface area (Å²) in [5.41, 5.74) is 1.34. The van der Waals surface area contributed by atoms with Crippen LogP contribution in [0.25, 0.3) is 10.2 Å². The fraction of sp³-hybridized carbons (Fsp3) is 0.444. The minimum absolute atomic E-state index is 0.0366. The second kappa shape index (κ2) is 15.7. The van der Waals surface area contributed by atoms with E-state index < -0.39 is 23.3 Å². The molecule has 4 rings (SSSR count). The van der Waals surface area contributed by atoms with E-state index >= 15 is 0 Å². The van der Waals surface area contributed by atoms with Crippen LogP contribution in [0.2, 0.25) is 0 Å². The molecular weight excluding hydrogens is 662 g/mol. The Kier molecular flexibility index (Phi) is 11.9. The fourth-order valence-corrected chi connectivity index (χ4v) is 6.78. The summed E-state index contributed by atoms with van der Waals surface area (Å²) in [6.07, 6.45) is 2.00. The first-order valence-electron chi connectivity index (χ1n) is 16.4. The first-order chi connectivity index (χ1) is 23.5. The summed E-state index contributed by atoms with van der Waals surface area (Å²) in [5.74, 6) is -1.55. The largest absolute Gasteiger partial charge is 0.415 e. The summed E-state index contributed by atoms with van der Waals surface area (Å²) < 4.78 is 6.57. The molecular formula is C36H43N5O8S. The Labute approximate surface area is 295 Å². The van der Waals surface area contributed by atoms with Gasteiger partial charge in [0, 0.05) is 98.5 Å². The van der Waals surface area contributed by atoms with Crippen LogP contribution < -0.4 is 10.1 Å². The number of nitrogens with one attached hydrogen (secondary N) is 1. The highest BCUT2D eigenvalue weighted by atomic mass is 32.1. The van der Waals surface area contributed by atoms with E-state index in [0.29, 0.717) is 28.0 Å². The second-order valence-electron chi connectivity index (χ2n) is 13.1. The number of rotatable bonds is 14. The average molecular weight is 706 g/mol. The van der Waals surface area contributed by atoms with Crippen molar-refractivity contribution >= 4 is 62.8 Å². The van der Waals surface area contributed by atoms with Crippen LogP contribution in [0.5, 0.6) is 5.75 Å². The minimum Gasteiger partial charge on any atom is -0.410 e. The molecule has 1 N–H and O–H groups in total. The van der Waals surface area contributed by atoms with Gasteiger partial charge in [0.25, 0.3) is 11.8 Å². The van der Waals surface area contributed by atoms with Crippen LogP contribution in [-0.2, 0) is 28.8 Å². The number of thiazole rings is 1. The Bertz CT molecular complexity index is 1830. The van der Waals surface area contributed by atoms with Crippen molar-refractivity contribution in [3.63, 3.8) is 0 Å². The van der Waals surface area contributed by atoms with Crippen LogP contribution >= 0.6 is 11.3 Å². The van der Waals surface area contributed by atoms with Gasteiger partial charge in [0.05, 0.1) is 15.2 Å². The lowest BCUT2D eigenvalue weighted by atomic mass is 9.71. The molecule has 13 nitrogen and oxygen atoms in total. The molecule has 1 aromatic carbocycles. The number of amides is 5. The molecule has 50 heavy (non-hydrogen) atoms. The molecule has 1 aromatic heterocycles. The fourth-order valence-electron chi connectivity index (χ4n) is 5.93. The van der Waals surface area contributed by atoms with E-state index in [0.717, 1.165) is 20.1 Å². The number of hydrogen-bond donors (Lipinski definition) is 1. The van der Waals surface area contributed by atoms with Crippen molar-refractivity contribution in [3.8, 4) is 5.75 Å². The Hall–Kier alpha value is -4.98. The number of imide groups is 1. The van der Waals surface area contributed by atoms with Crippen LogP contribution in [0, 0.1) is 12.3 Å². The van der Waals surface area contributed by atoms with Gasteiger partial charge in [-0.15, -0.1) is 11.3 Å². The van der Waals surface area contributed by atoms with Gasteiger partial charge in [0.1, 0.15) is 5.75 Å². The van der Waals surface area contributed by atoms with E-state index in [1.165, 1.54) is 33.3 Å². The maximum absolute atomic E-state index is 13.4. The lowest BCUT2D eigenvalue weighted by Crippen LogP contribution is -2.43. The lowest BCUT2D eigenvalue weighted by Gasteiger charge is -2.33. The zero-order chi connectivity index (χ0) is 36.9. The number of nitrogens with zero attached hydrogens (tertiary/aromatic N) is 4. The summed E-state index contributed by atoms with van der Waals surface area (Å²) in [7, 11) is 1.60. The number of benzene rings is 1. The minimum atomic E-state index is -0.921. The Morgan fingerprint density at radius 3 is 2.26 bits per heavy atom. The number of carbonyl (C=O) groups excluding carboxylic acids is 7. The molecule has 1 aliphatic carbocycles. The monoisotopic (exact) mass is 705 g/mol. The van der Waals surface area contributed by atoms with Crippen LogP contribution in [0.15, 0.2) is 52.6 Å². The van der Waals surface area contributed by atoms with Gasteiger partial charge in [-0.25, -0.2) is 9.78 Å². The highest BCUT2D eigenvalue weighted by Crippen LogP contribution is 2.39. The molecule has 14 heteroatoms. The normalized spacial score (nSPS) is 15.1. The Balaban J connectivity index is 1.38. The molecule has 0 saturated carbocycles. The number of aryl methyl sites for hydroxylation is 1. The van der Waals surface area contributed by atoms with E-state index in [2.05, 4.69) is 10.3 Å². The number of hydrogen-bond acceptors (Lipinski definition) is 10. The maximum atomic E-state index is 13.4. The molecule has 266 valence electrons. The summed E-state index contributed by atoms with van der Waals surface area (Å²) in [4.78, 5) is 97.1. The quantitative estimate of drug-likeness (QED) is 0.227. The van der Waals surface area contributed by atoms with Gasteiger partial charge in [-0.3, -0.25) is 33.7 Å². The predicted octanol–water partition coefficient (Wildman–Crippen LogP) is 3.91. The first kappa shape index (κ1) is 37.8. The number of Topliss-reactive ketones (excluding diaryl/α,β-unsaturated/α-hetero) is 2. The lowest BCUT2D eigenvalue weighted by molar-refractivity contribution is -0.137. The third-order valence-electron chi connectivity index (χ3n) is 8.91. The summed E-state index contributed by atoms with van der Waals surface area (Å²) >= 11 is 1.47. The number of likely N-dealkylation sites (N-methyl/N-ethyl adjacent to an activating group) is 1. The molecule has 0 fully saturated rings. The second-order valence-corrected chi connectivity index (χ2v) is 14.4. The summed E-state index contributed by atoms with van der Waals surface area (Å²) in [6.45, 7) is 10.8. The molecule has 2 aromatic rings. The third kappa shape index (κ3) is 8.78. The standard InChI is InChI=1S/C36H43N5O8S/c1-21-22(2)34(47)32(23(3)33(21)46)36(5,6)20-31(45)39(7)17-18-40(35(48)49-25-10-11-26-27(19-25)50-24(4)38-26)15-8-9-28(42)37-14-16-41-29(43)12-13-30(41)44/h10-13,19H,8-9,14-18,20H2,1-7H3,(H,37,42). The highest BCUT2D eigenvalue weighted by Gasteiger charge is 2.39. The molecule has 0 bridgehead atoms. The zero-order valence-electron chi connectivity index (χ0n) is 29.5. The Morgan fingerprint density at radius 1 is 0.920 bits per heavy atom. The molecule has 0 atom stereocenters. The molecule has 5 amide bonds. The van der Waals surface area contributed by atoms with E-state index in [-0.39, 0.29) is 75.4 Å². The van der Waals surface area contributed by atoms with Crippen molar-refractivity contribution in [3.05, 3.63) is 57.7 Å². The van der Waals surface area contributed by atoms with Gasteiger partial charge in [-0.2, -0.15) is 0 Å². The molecule has 0 spiro atoms.